The SMILES string of the molecule is CCOC(=O)Cc1[nH]c(=S)n2c1CCC2.N#C[S-].[K+]. The molecule has 0 radical (unpaired) electrons. The number of ether oxygens (including phenoxy) is 1. The van der Waals surface area contributed by atoms with Gasteiger partial charge in [0.1, 0.15) is 0 Å². The molecule has 0 spiro atoms. The number of nitriles is 1. The van der Waals surface area contributed by atoms with Gasteiger partial charge in [0.25, 0.3) is 0 Å². The van der Waals surface area contributed by atoms with Crippen molar-refractivity contribution in [1.82, 2.24) is 9.55 Å². The number of fused-ring (bicyclic) bond motifs is 1. The molecule has 19 heavy (non-hydrogen) atoms. The normalized spacial score (nSPS) is 11.4. The third-order valence-electron chi connectivity index (χ3n) is 2.60. The summed E-state index contributed by atoms with van der Waals surface area (Å²) in [6.07, 6.45) is 2.42. The van der Waals surface area contributed by atoms with E-state index >= 15 is 0 Å². The summed E-state index contributed by atoms with van der Waals surface area (Å²) in [7, 11) is 0. The Hall–Kier alpha value is 0.246. The third kappa shape index (κ3) is 5.63. The molecule has 0 aliphatic carbocycles. The Labute approximate surface area is 165 Å². The number of carbonyl (C=O) groups is 1. The minimum atomic E-state index is -0.191. The monoisotopic (exact) mass is 323 g/mol. The van der Waals surface area contributed by atoms with Crippen LogP contribution in [0.15, 0.2) is 0 Å². The van der Waals surface area contributed by atoms with Gasteiger partial charge in [-0.25, -0.2) is 5.26 Å². The second kappa shape index (κ2) is 10.0. The fourth-order valence-electron chi connectivity index (χ4n) is 1.98. The molecule has 0 unspecified atom stereocenters. The molecule has 0 saturated heterocycles. The van der Waals surface area contributed by atoms with E-state index in [1.165, 1.54) is 11.1 Å². The zero-order valence-electron chi connectivity index (χ0n) is 11.1. The molecule has 0 atom stereocenters. The number of rotatable bonds is 3. The molecule has 0 fully saturated rings. The summed E-state index contributed by atoms with van der Waals surface area (Å²) in [5, 5.41) is 8.47. The first-order chi connectivity index (χ1) is 8.63. The van der Waals surface area contributed by atoms with Crippen molar-refractivity contribution >= 4 is 30.8 Å². The zero-order chi connectivity index (χ0) is 13.5. The van der Waals surface area contributed by atoms with E-state index in [4.69, 9.17) is 22.2 Å². The predicted molar refractivity (Wildman–Crippen MR) is 71.3 cm³/mol. The predicted octanol–water partition coefficient (Wildman–Crippen LogP) is -1.38. The first-order valence-electron chi connectivity index (χ1n) is 5.61. The average Bonchev–Trinajstić information content (AvgIpc) is 2.86. The van der Waals surface area contributed by atoms with Gasteiger partial charge in [0.05, 0.1) is 13.0 Å². The van der Waals surface area contributed by atoms with Gasteiger partial charge in [0.2, 0.25) is 0 Å². The molecule has 8 heteroatoms. The minimum absolute atomic E-state index is 0. The van der Waals surface area contributed by atoms with Gasteiger partial charge in [-0.15, -0.1) is 0 Å². The summed E-state index contributed by atoms with van der Waals surface area (Å²) in [6, 6.07) is 0. The topological polar surface area (TPSA) is 70.8 Å². The summed E-state index contributed by atoms with van der Waals surface area (Å²) in [4.78, 5) is 14.4. The second-order valence-electron chi connectivity index (χ2n) is 3.68. The molecular weight excluding hydrogens is 309 g/mol. The molecule has 0 saturated carbocycles. The molecule has 1 N–H and O–H groups in total. The van der Waals surface area contributed by atoms with Crippen LogP contribution < -0.4 is 51.4 Å². The van der Waals surface area contributed by atoms with E-state index in [0.29, 0.717) is 13.0 Å². The number of hydrogen-bond acceptors (Lipinski definition) is 5. The molecule has 98 valence electrons. The number of H-pyrrole nitrogens is 1. The van der Waals surface area contributed by atoms with Crippen LogP contribution in [0, 0.1) is 15.4 Å². The average molecular weight is 323 g/mol. The molecule has 2 heterocycles. The molecule has 1 aromatic rings. The molecule has 0 amide bonds. The fourth-order valence-corrected chi connectivity index (χ4v) is 2.31. The van der Waals surface area contributed by atoms with Crippen molar-refractivity contribution in [1.29, 1.82) is 5.26 Å². The van der Waals surface area contributed by atoms with Crippen molar-refractivity contribution in [2.75, 3.05) is 6.61 Å². The van der Waals surface area contributed by atoms with Crippen LogP contribution in [-0.2, 0) is 41.5 Å². The number of imidazole rings is 1. The molecule has 0 bridgehead atoms. The maximum Gasteiger partial charge on any atom is 1.00 e. The Morgan fingerprint density at radius 3 is 2.89 bits per heavy atom. The molecule has 5 nitrogen and oxygen atoms in total. The van der Waals surface area contributed by atoms with E-state index < -0.39 is 0 Å². The van der Waals surface area contributed by atoms with E-state index in [-0.39, 0.29) is 57.4 Å². The van der Waals surface area contributed by atoms with Crippen LogP contribution in [0.2, 0.25) is 0 Å². The van der Waals surface area contributed by atoms with Crippen molar-refractivity contribution in [2.24, 2.45) is 0 Å². The quantitative estimate of drug-likeness (QED) is 0.244. The van der Waals surface area contributed by atoms with Gasteiger partial charge in [0.15, 0.2) is 4.77 Å². The maximum absolute atomic E-state index is 11.3. The number of hydrogen-bond donors (Lipinski definition) is 1. The summed E-state index contributed by atoms with van der Waals surface area (Å²) in [5.41, 5.74) is 2.10. The van der Waals surface area contributed by atoms with Crippen molar-refractivity contribution in [3.63, 3.8) is 0 Å². The van der Waals surface area contributed by atoms with E-state index in [2.05, 4.69) is 22.2 Å². The molecule has 0 aromatic carbocycles. The van der Waals surface area contributed by atoms with Gasteiger partial charge in [-0.05, 0) is 32.0 Å². The van der Waals surface area contributed by atoms with Crippen molar-refractivity contribution in [2.45, 2.75) is 32.7 Å². The van der Waals surface area contributed by atoms with Crippen LogP contribution in [0.1, 0.15) is 24.7 Å². The Balaban J connectivity index is 0.000000742. The maximum atomic E-state index is 11.3. The largest absolute Gasteiger partial charge is 1.00 e. The number of aromatic amines is 1. The van der Waals surface area contributed by atoms with Crippen LogP contribution in [0.25, 0.3) is 0 Å². The number of nitrogens with one attached hydrogen (secondary N) is 1. The van der Waals surface area contributed by atoms with E-state index in [1.54, 1.807) is 0 Å². The first kappa shape index (κ1) is 19.2. The number of carbonyl (C=O) groups excluding carboxylic acids is 1. The van der Waals surface area contributed by atoms with Gasteiger partial charge < -0.3 is 26.9 Å². The number of aromatic nitrogens is 2. The van der Waals surface area contributed by atoms with Crippen molar-refractivity contribution in [3.05, 3.63) is 16.2 Å². The van der Waals surface area contributed by atoms with Gasteiger partial charge in [-0.1, -0.05) is 5.40 Å². The van der Waals surface area contributed by atoms with Gasteiger partial charge >= 0.3 is 57.4 Å². The second-order valence-corrected chi connectivity index (χ2v) is 4.25. The zero-order valence-corrected chi connectivity index (χ0v) is 15.8. The standard InChI is InChI=1S/C10H14N2O2S.CHNS.K/c1-2-14-9(13)6-7-8-4-3-5-12(8)10(15)11-7;2-1-3;/h2-6H2,1H3,(H,11,15);3H;/q;;+1/p-1. The van der Waals surface area contributed by atoms with Crippen LogP contribution in [0.4, 0.5) is 0 Å². The fraction of sp³-hybridized carbons (Fsp3) is 0.545. The third-order valence-corrected chi connectivity index (χ3v) is 2.92. The molecule has 1 aliphatic heterocycles. The van der Waals surface area contributed by atoms with Gasteiger partial charge in [-0.2, -0.15) is 0 Å². The summed E-state index contributed by atoms with van der Waals surface area (Å²) < 4.78 is 7.71. The Bertz CT molecular complexity index is 519. The minimum Gasteiger partial charge on any atom is -0.696 e. The molecule has 2 rings (SSSR count). The summed E-state index contributed by atoms with van der Waals surface area (Å²) >= 11 is 8.87. The van der Waals surface area contributed by atoms with Gasteiger partial charge in [0, 0.05) is 17.9 Å². The van der Waals surface area contributed by atoms with Gasteiger partial charge in [-0.3, -0.25) is 4.79 Å². The van der Waals surface area contributed by atoms with Crippen LogP contribution in [0.3, 0.4) is 0 Å². The first-order valence-corrected chi connectivity index (χ1v) is 6.43. The van der Waals surface area contributed by atoms with Crippen LogP contribution in [0.5, 0.6) is 0 Å². The van der Waals surface area contributed by atoms with Crippen molar-refractivity contribution < 1.29 is 60.9 Å². The molecule has 1 aliphatic rings. The molecular formula is C11H14KN3O2S2. The van der Waals surface area contributed by atoms with Crippen molar-refractivity contribution in [3.8, 4) is 5.40 Å². The van der Waals surface area contributed by atoms with E-state index in [9.17, 15) is 4.79 Å². The summed E-state index contributed by atoms with van der Waals surface area (Å²) in [5.74, 6) is -0.191. The van der Waals surface area contributed by atoms with E-state index in [1.807, 2.05) is 6.92 Å². The molecule has 1 aromatic heterocycles. The smallest absolute Gasteiger partial charge is 0.696 e. The van der Waals surface area contributed by atoms with E-state index in [0.717, 1.165) is 29.9 Å². The number of thiocyanates is 1. The van der Waals surface area contributed by atoms with Crippen LogP contribution in [-0.4, -0.2) is 22.1 Å². The number of nitrogens with zero attached hydrogens (tertiary/aromatic N) is 2. The Kier molecular flexibility index (Phi) is 10.2. The number of esters is 1. The Morgan fingerprint density at radius 2 is 2.32 bits per heavy atom. The Morgan fingerprint density at radius 1 is 1.68 bits per heavy atom. The summed E-state index contributed by atoms with van der Waals surface area (Å²) in [6.45, 7) is 3.20. The van der Waals surface area contributed by atoms with Crippen LogP contribution >= 0.6 is 12.2 Å².